The van der Waals surface area contributed by atoms with Crippen LogP contribution in [0.2, 0.25) is 0 Å². The van der Waals surface area contributed by atoms with Gasteiger partial charge in [0.15, 0.2) is 6.10 Å². The number of ether oxygens (including phenoxy) is 2. The molecule has 0 saturated heterocycles. The molecule has 0 spiro atoms. The van der Waals surface area contributed by atoms with Crippen molar-refractivity contribution in [2.24, 2.45) is 5.73 Å². The van der Waals surface area contributed by atoms with E-state index >= 15 is 0 Å². The summed E-state index contributed by atoms with van der Waals surface area (Å²) in [6.07, 6.45) is -1.02. The second kappa shape index (κ2) is 8.48. The maximum Gasteiger partial charge on any atom is 0.338 e. The summed E-state index contributed by atoms with van der Waals surface area (Å²) < 4.78 is 10.7. The molecule has 7 nitrogen and oxygen atoms in total. The number of amides is 2. The van der Waals surface area contributed by atoms with Gasteiger partial charge in [0, 0.05) is 0 Å². The number of nitrogens with two attached hydrogens (primary N) is 1. The van der Waals surface area contributed by atoms with E-state index in [9.17, 15) is 14.4 Å². The second-order valence-electron chi connectivity index (χ2n) is 5.76. The molecule has 0 radical (unpaired) electrons. The predicted molar refractivity (Wildman–Crippen MR) is 98.6 cm³/mol. The number of primary amides is 1. The van der Waals surface area contributed by atoms with Gasteiger partial charge in [-0.15, -0.1) is 11.3 Å². The van der Waals surface area contributed by atoms with E-state index in [0.717, 1.165) is 11.3 Å². The first-order valence-corrected chi connectivity index (χ1v) is 8.81. The number of anilines is 1. The fraction of sp³-hybridized carbons (Fsp3) is 0.278. The van der Waals surface area contributed by atoms with E-state index < -0.39 is 23.9 Å². The summed E-state index contributed by atoms with van der Waals surface area (Å²) in [5.41, 5.74) is 5.74. The van der Waals surface area contributed by atoms with E-state index in [0.29, 0.717) is 16.3 Å². The van der Waals surface area contributed by atoms with Gasteiger partial charge in [-0.25, -0.2) is 4.79 Å². The molecule has 8 heteroatoms. The zero-order chi connectivity index (χ0) is 19.3. The third-order valence-electron chi connectivity index (χ3n) is 3.28. The van der Waals surface area contributed by atoms with E-state index in [1.807, 2.05) is 13.8 Å². The van der Waals surface area contributed by atoms with Crippen LogP contribution >= 0.6 is 11.3 Å². The Morgan fingerprint density at radius 2 is 1.73 bits per heavy atom. The Morgan fingerprint density at radius 1 is 1.08 bits per heavy atom. The number of nitrogens with one attached hydrogen (secondary N) is 1. The van der Waals surface area contributed by atoms with E-state index in [1.54, 1.807) is 29.6 Å². The largest absolute Gasteiger partial charge is 0.491 e. The van der Waals surface area contributed by atoms with Crippen LogP contribution in [0.15, 0.2) is 35.7 Å². The van der Waals surface area contributed by atoms with Gasteiger partial charge in [0.2, 0.25) is 0 Å². The van der Waals surface area contributed by atoms with Gasteiger partial charge in [-0.05, 0) is 56.5 Å². The number of benzene rings is 1. The highest BCUT2D eigenvalue weighted by molar-refractivity contribution is 7.14. The Bertz CT molecular complexity index is 798. The van der Waals surface area contributed by atoms with Crippen molar-refractivity contribution in [3.8, 4) is 5.75 Å². The molecule has 26 heavy (non-hydrogen) atoms. The molecule has 1 atom stereocenters. The number of carbonyl (C=O) groups excluding carboxylic acids is 3. The second-order valence-corrected chi connectivity index (χ2v) is 6.67. The minimum absolute atomic E-state index is 0.0269. The van der Waals surface area contributed by atoms with Crippen molar-refractivity contribution in [3.05, 3.63) is 46.8 Å². The lowest BCUT2D eigenvalue weighted by atomic mass is 10.2. The topological polar surface area (TPSA) is 108 Å². The number of carbonyl (C=O) groups is 3. The monoisotopic (exact) mass is 376 g/mol. The highest BCUT2D eigenvalue weighted by Gasteiger charge is 2.21. The van der Waals surface area contributed by atoms with E-state index in [1.165, 1.54) is 13.0 Å². The molecule has 2 amide bonds. The van der Waals surface area contributed by atoms with Gasteiger partial charge < -0.3 is 20.5 Å². The lowest BCUT2D eigenvalue weighted by Gasteiger charge is -2.14. The van der Waals surface area contributed by atoms with Crippen LogP contribution in [0.1, 0.15) is 41.5 Å². The van der Waals surface area contributed by atoms with E-state index in [-0.39, 0.29) is 11.7 Å². The van der Waals surface area contributed by atoms with E-state index in [4.69, 9.17) is 15.2 Å². The molecule has 0 unspecified atom stereocenters. The van der Waals surface area contributed by atoms with Crippen LogP contribution in [0.3, 0.4) is 0 Å². The molecule has 1 aromatic heterocycles. The first kappa shape index (κ1) is 19.5. The number of thiophene rings is 1. The highest BCUT2D eigenvalue weighted by Crippen LogP contribution is 2.23. The molecular formula is C18H20N2O5S. The molecule has 3 N–H and O–H groups in total. The molecule has 1 heterocycles. The lowest BCUT2D eigenvalue weighted by Crippen LogP contribution is -2.30. The van der Waals surface area contributed by atoms with Crippen LogP contribution in [0.4, 0.5) is 5.00 Å². The van der Waals surface area contributed by atoms with Gasteiger partial charge in [-0.2, -0.15) is 0 Å². The molecule has 0 fully saturated rings. The summed E-state index contributed by atoms with van der Waals surface area (Å²) in [5.74, 6) is -1.19. The Morgan fingerprint density at radius 3 is 2.31 bits per heavy atom. The van der Waals surface area contributed by atoms with Crippen molar-refractivity contribution in [1.29, 1.82) is 0 Å². The quantitative estimate of drug-likeness (QED) is 0.723. The van der Waals surface area contributed by atoms with Crippen molar-refractivity contribution in [2.75, 3.05) is 5.32 Å². The number of rotatable bonds is 7. The normalized spacial score (nSPS) is 11.7. The molecule has 0 bridgehead atoms. The summed E-state index contributed by atoms with van der Waals surface area (Å²) in [6, 6.07) is 7.96. The molecule has 138 valence electrons. The molecule has 0 aliphatic rings. The zero-order valence-corrected chi connectivity index (χ0v) is 15.5. The Balaban J connectivity index is 1.96. The first-order chi connectivity index (χ1) is 12.3. The van der Waals surface area contributed by atoms with Crippen molar-refractivity contribution < 1.29 is 23.9 Å². The molecule has 0 saturated carbocycles. The summed E-state index contributed by atoms with van der Waals surface area (Å²) in [5, 5.41) is 4.49. The summed E-state index contributed by atoms with van der Waals surface area (Å²) in [7, 11) is 0. The van der Waals surface area contributed by atoms with Crippen molar-refractivity contribution in [1.82, 2.24) is 0 Å². The van der Waals surface area contributed by atoms with Crippen LogP contribution in [0.25, 0.3) is 0 Å². The molecule has 0 aliphatic heterocycles. The molecule has 0 aliphatic carbocycles. The van der Waals surface area contributed by atoms with E-state index in [2.05, 4.69) is 5.32 Å². The highest BCUT2D eigenvalue weighted by atomic mass is 32.1. The molecule has 2 rings (SSSR count). The van der Waals surface area contributed by atoms with Crippen LogP contribution < -0.4 is 15.8 Å². The third kappa shape index (κ3) is 5.06. The van der Waals surface area contributed by atoms with Crippen molar-refractivity contribution in [2.45, 2.75) is 33.0 Å². The smallest absolute Gasteiger partial charge is 0.338 e. The standard InChI is InChI=1S/C18H20N2O5S/c1-10(2)24-13-6-4-12(5-7-13)18(23)25-11(3)16(22)20-17-14(15(19)21)8-9-26-17/h4-11H,1-3H3,(H2,19,21)(H,20,22)/t11-/m0/s1. The average Bonchev–Trinajstić information content (AvgIpc) is 3.03. The summed E-state index contributed by atoms with van der Waals surface area (Å²) in [6.45, 7) is 5.25. The Kier molecular flexibility index (Phi) is 6.35. The van der Waals surface area contributed by atoms with Gasteiger partial charge >= 0.3 is 5.97 Å². The van der Waals surface area contributed by atoms with Crippen LogP contribution in [0.5, 0.6) is 5.75 Å². The van der Waals surface area contributed by atoms with Gasteiger partial charge in [0.25, 0.3) is 11.8 Å². The fourth-order valence-electron chi connectivity index (χ4n) is 2.04. The van der Waals surface area contributed by atoms with Gasteiger partial charge in [0.1, 0.15) is 10.8 Å². The number of hydrogen-bond donors (Lipinski definition) is 2. The Labute approximate surface area is 155 Å². The fourth-order valence-corrected chi connectivity index (χ4v) is 2.83. The van der Waals surface area contributed by atoms with Crippen LogP contribution in [-0.2, 0) is 9.53 Å². The summed E-state index contributed by atoms with van der Waals surface area (Å²) in [4.78, 5) is 35.6. The predicted octanol–water partition coefficient (Wildman–Crippen LogP) is 2.82. The molecular weight excluding hydrogens is 356 g/mol. The van der Waals surface area contributed by atoms with Gasteiger partial charge in [-0.1, -0.05) is 0 Å². The minimum Gasteiger partial charge on any atom is -0.491 e. The minimum atomic E-state index is -1.04. The van der Waals surface area contributed by atoms with Crippen molar-refractivity contribution >= 4 is 34.1 Å². The maximum atomic E-state index is 12.2. The first-order valence-electron chi connectivity index (χ1n) is 7.93. The maximum absolute atomic E-state index is 12.2. The number of esters is 1. The van der Waals surface area contributed by atoms with Crippen molar-refractivity contribution in [3.63, 3.8) is 0 Å². The van der Waals surface area contributed by atoms with Gasteiger partial charge in [0.05, 0.1) is 17.2 Å². The average molecular weight is 376 g/mol. The zero-order valence-electron chi connectivity index (χ0n) is 14.6. The lowest BCUT2D eigenvalue weighted by molar-refractivity contribution is -0.123. The number of hydrogen-bond acceptors (Lipinski definition) is 6. The van der Waals surface area contributed by atoms with Gasteiger partial charge in [-0.3, -0.25) is 9.59 Å². The third-order valence-corrected chi connectivity index (χ3v) is 4.11. The van der Waals surface area contributed by atoms with Crippen LogP contribution in [0, 0.1) is 0 Å². The molecule has 2 aromatic rings. The SMILES string of the molecule is CC(C)Oc1ccc(C(=O)O[C@@H](C)C(=O)Nc2sccc2C(N)=O)cc1. The Hall–Kier alpha value is -2.87. The molecule has 1 aromatic carbocycles. The summed E-state index contributed by atoms with van der Waals surface area (Å²) >= 11 is 1.16. The van der Waals surface area contributed by atoms with Crippen LogP contribution in [-0.4, -0.2) is 30.0 Å².